The minimum atomic E-state index is -0.975. The maximum Gasteiger partial charge on any atom is 0.331 e. The molecule has 0 saturated heterocycles. The summed E-state index contributed by atoms with van der Waals surface area (Å²) in [6, 6.07) is 0. The molecule has 0 aromatic rings. The monoisotopic (exact) mass is 531 g/mol. The first-order chi connectivity index (χ1) is 17.5. The van der Waals surface area contributed by atoms with Crippen LogP contribution >= 0.6 is 0 Å². The van der Waals surface area contributed by atoms with E-state index in [-0.39, 0.29) is 34.0 Å². The lowest BCUT2D eigenvalue weighted by Gasteiger charge is -2.71. The van der Waals surface area contributed by atoms with E-state index < -0.39 is 35.8 Å². The Balaban J connectivity index is 1.85. The number of rotatable bonds is 5. The molecule has 214 valence electrons. The van der Waals surface area contributed by atoms with Crippen LogP contribution in [0.4, 0.5) is 0 Å². The number of aliphatic hydroxyl groups excluding tert-OH is 2. The van der Waals surface area contributed by atoms with Crippen LogP contribution in [0.5, 0.6) is 0 Å². The molecule has 0 amide bonds. The largest absolute Gasteiger partial charge is 0.478 e. The van der Waals surface area contributed by atoms with Gasteiger partial charge in [-0.15, -0.1) is 0 Å². The van der Waals surface area contributed by atoms with Crippen LogP contribution < -0.4 is 5.73 Å². The molecule has 0 aliphatic heterocycles. The molecule has 0 aromatic heterocycles. The van der Waals surface area contributed by atoms with Gasteiger partial charge in [-0.05, 0) is 98.9 Å². The third-order valence-electron chi connectivity index (χ3n) is 12.0. The summed E-state index contributed by atoms with van der Waals surface area (Å²) < 4.78 is 5.87. The molecule has 4 aliphatic rings. The van der Waals surface area contributed by atoms with Crippen molar-refractivity contribution in [2.45, 2.75) is 124 Å². The molecule has 10 atom stereocenters. The molecule has 7 heteroatoms. The molecule has 4 rings (SSSR count). The fourth-order valence-corrected chi connectivity index (χ4v) is 9.76. The zero-order valence-electron chi connectivity index (χ0n) is 24.3. The highest BCUT2D eigenvalue weighted by Gasteiger charge is 2.73. The second-order valence-corrected chi connectivity index (χ2v) is 13.9. The average molecular weight is 532 g/mol. The quantitative estimate of drug-likeness (QED) is 0.229. The number of nitrogens with two attached hydrogens (primary N) is 1. The predicted octanol–water partition coefficient (Wildman–Crippen LogP) is 4.75. The number of carboxylic acid groups (broad SMARTS) is 1. The Kier molecular flexibility index (Phi) is 7.51. The van der Waals surface area contributed by atoms with Crippen LogP contribution in [-0.2, 0) is 14.3 Å². The van der Waals surface area contributed by atoms with Crippen LogP contribution in [0.3, 0.4) is 0 Å². The summed E-state index contributed by atoms with van der Waals surface area (Å²) in [5.74, 6) is -1.79. The molecule has 5 N–H and O–H groups in total. The van der Waals surface area contributed by atoms with Gasteiger partial charge >= 0.3 is 11.9 Å². The SMILES string of the molecule is CC(=O)O[C@H]1C[C@@]2(C)[C@@H](C[C@@H](O)[C@@H]3[C@]2(C)CC[C@@]2(N)[C@H](C)[C@H](O)CC[C@]32C)/C1=C(\CCC=C(C)C)C(=O)O. The van der Waals surface area contributed by atoms with Crippen LogP contribution in [0.2, 0.25) is 0 Å². The number of hydrogen-bond donors (Lipinski definition) is 4. The van der Waals surface area contributed by atoms with Gasteiger partial charge in [0.25, 0.3) is 0 Å². The highest BCUT2D eigenvalue weighted by atomic mass is 16.5. The van der Waals surface area contributed by atoms with Crippen molar-refractivity contribution in [2.75, 3.05) is 0 Å². The zero-order chi connectivity index (χ0) is 28.4. The lowest BCUT2D eigenvalue weighted by Crippen LogP contribution is -2.75. The van der Waals surface area contributed by atoms with Gasteiger partial charge in [-0.3, -0.25) is 4.79 Å². The van der Waals surface area contributed by atoms with Crippen molar-refractivity contribution in [1.29, 1.82) is 0 Å². The number of ether oxygens (including phenoxy) is 1. The van der Waals surface area contributed by atoms with Gasteiger partial charge in [0.05, 0.1) is 12.2 Å². The average Bonchev–Trinajstić information content (AvgIpc) is 3.08. The van der Waals surface area contributed by atoms with Gasteiger partial charge < -0.3 is 25.8 Å². The normalized spacial score (nSPS) is 47.3. The standard InChI is InChI=1S/C31H49NO6/c1-17(2)9-8-10-20(27(36)37)25-21-15-23(35)26-28(5,30(21,7)16-24(25)38-19(4)33)13-14-31(32)18(3)22(34)11-12-29(26,31)6/h9,18,21-24,26,34-35H,8,10-16,32H2,1-7H3,(H,36,37)/b25-20-/t18-,21+,22-,23-,24+,26-,28+,29-,30+,31-/m1/s1. The summed E-state index contributed by atoms with van der Waals surface area (Å²) >= 11 is 0. The Labute approximate surface area is 227 Å². The van der Waals surface area contributed by atoms with Crippen molar-refractivity contribution < 1.29 is 29.6 Å². The summed E-state index contributed by atoms with van der Waals surface area (Å²) in [4.78, 5) is 24.9. The van der Waals surface area contributed by atoms with Gasteiger partial charge in [0.1, 0.15) is 6.10 Å². The Bertz CT molecular complexity index is 1050. The van der Waals surface area contributed by atoms with Crippen LogP contribution in [0.1, 0.15) is 99.8 Å². The molecule has 38 heavy (non-hydrogen) atoms. The van der Waals surface area contributed by atoms with Gasteiger partial charge in [0, 0.05) is 24.0 Å². The molecule has 4 fully saturated rings. The number of carbonyl (C=O) groups excluding carboxylic acids is 1. The fraction of sp³-hybridized carbons (Fsp3) is 0.806. The molecule has 0 heterocycles. The highest BCUT2D eigenvalue weighted by molar-refractivity contribution is 5.88. The van der Waals surface area contributed by atoms with E-state index in [0.29, 0.717) is 43.3 Å². The lowest BCUT2D eigenvalue weighted by molar-refractivity contribution is -0.241. The predicted molar refractivity (Wildman–Crippen MR) is 146 cm³/mol. The van der Waals surface area contributed by atoms with Gasteiger partial charge in [-0.1, -0.05) is 39.3 Å². The van der Waals surface area contributed by atoms with Crippen molar-refractivity contribution in [3.05, 3.63) is 22.8 Å². The molecule has 4 aliphatic carbocycles. The number of fused-ring (bicyclic) bond motifs is 5. The minimum absolute atomic E-state index is 0.0787. The summed E-state index contributed by atoms with van der Waals surface area (Å²) in [6.45, 7) is 14.1. The van der Waals surface area contributed by atoms with Crippen LogP contribution in [0, 0.1) is 34.0 Å². The number of allylic oxidation sites excluding steroid dienone is 2. The first-order valence-corrected chi connectivity index (χ1v) is 14.5. The number of aliphatic hydroxyl groups is 2. The third kappa shape index (κ3) is 4.10. The highest BCUT2D eigenvalue weighted by Crippen LogP contribution is 2.74. The number of carboxylic acids is 1. The van der Waals surface area contributed by atoms with Crippen LogP contribution in [-0.4, -0.2) is 51.1 Å². The van der Waals surface area contributed by atoms with Gasteiger partial charge in [-0.25, -0.2) is 4.79 Å². The fourth-order valence-electron chi connectivity index (χ4n) is 9.76. The molecule has 0 unspecified atom stereocenters. The van der Waals surface area contributed by atoms with E-state index in [1.54, 1.807) is 0 Å². The smallest absolute Gasteiger partial charge is 0.331 e. The van der Waals surface area contributed by atoms with Gasteiger partial charge in [0.2, 0.25) is 0 Å². The minimum Gasteiger partial charge on any atom is -0.478 e. The maximum absolute atomic E-state index is 12.6. The molecular formula is C31H49NO6. The number of hydrogen-bond acceptors (Lipinski definition) is 6. The molecule has 0 spiro atoms. The third-order valence-corrected chi connectivity index (χ3v) is 12.0. The van der Waals surface area contributed by atoms with Crippen molar-refractivity contribution in [3.63, 3.8) is 0 Å². The van der Waals surface area contributed by atoms with E-state index in [4.69, 9.17) is 10.5 Å². The van der Waals surface area contributed by atoms with E-state index in [0.717, 1.165) is 24.8 Å². The molecule has 0 bridgehead atoms. The molecular weight excluding hydrogens is 482 g/mol. The maximum atomic E-state index is 12.6. The number of aliphatic carboxylic acids is 1. The Morgan fingerprint density at radius 2 is 1.68 bits per heavy atom. The second-order valence-electron chi connectivity index (χ2n) is 13.9. The van der Waals surface area contributed by atoms with E-state index in [1.165, 1.54) is 6.92 Å². The van der Waals surface area contributed by atoms with Crippen LogP contribution in [0.25, 0.3) is 0 Å². The zero-order valence-corrected chi connectivity index (χ0v) is 24.3. The van der Waals surface area contributed by atoms with Crippen molar-refractivity contribution in [2.24, 2.45) is 39.7 Å². The van der Waals surface area contributed by atoms with E-state index >= 15 is 0 Å². The first-order valence-electron chi connectivity index (χ1n) is 14.5. The van der Waals surface area contributed by atoms with Gasteiger partial charge in [0.15, 0.2) is 0 Å². The Morgan fingerprint density at radius 1 is 1.03 bits per heavy atom. The summed E-state index contributed by atoms with van der Waals surface area (Å²) in [6.07, 6.45) is 5.11. The number of carbonyl (C=O) groups is 2. The summed E-state index contributed by atoms with van der Waals surface area (Å²) in [7, 11) is 0. The van der Waals surface area contributed by atoms with Crippen LogP contribution in [0.15, 0.2) is 22.8 Å². The summed E-state index contributed by atoms with van der Waals surface area (Å²) in [5.41, 5.74) is 7.63. The Hall–Kier alpha value is -1.70. The molecule has 4 saturated carbocycles. The molecule has 0 radical (unpaired) electrons. The molecule has 0 aromatic carbocycles. The Morgan fingerprint density at radius 3 is 2.26 bits per heavy atom. The molecule has 7 nitrogen and oxygen atoms in total. The van der Waals surface area contributed by atoms with Gasteiger partial charge in [-0.2, -0.15) is 0 Å². The van der Waals surface area contributed by atoms with E-state index in [1.807, 2.05) is 26.8 Å². The number of esters is 1. The second kappa shape index (κ2) is 9.74. The van der Waals surface area contributed by atoms with E-state index in [9.17, 15) is 24.9 Å². The van der Waals surface area contributed by atoms with E-state index in [2.05, 4.69) is 20.8 Å². The summed E-state index contributed by atoms with van der Waals surface area (Å²) in [5, 5.41) is 33.0. The lowest BCUT2D eigenvalue weighted by atomic mass is 9.34. The van der Waals surface area contributed by atoms with Crippen molar-refractivity contribution in [3.8, 4) is 0 Å². The first kappa shape index (κ1) is 29.3. The van der Waals surface area contributed by atoms with Crippen molar-refractivity contribution >= 4 is 11.9 Å². The topological polar surface area (TPSA) is 130 Å². The van der Waals surface area contributed by atoms with Crippen molar-refractivity contribution in [1.82, 2.24) is 0 Å².